The minimum Gasteiger partial charge on any atom is -0.606 e. The Kier molecular flexibility index (Phi) is 4.70. The molecule has 24 heavy (non-hydrogen) atoms. The highest BCUT2D eigenvalue weighted by Crippen LogP contribution is 2.30. The molecule has 1 unspecified atom stereocenters. The normalized spacial score (nSPS) is 18.9. The lowest BCUT2D eigenvalue weighted by atomic mass is 9.88. The summed E-state index contributed by atoms with van der Waals surface area (Å²) in [4.78, 5) is 6.28. The Hall–Kier alpha value is -1.78. The number of rotatable bonds is 3. The van der Waals surface area contributed by atoms with E-state index < -0.39 is 11.2 Å². The molecule has 0 spiro atoms. The van der Waals surface area contributed by atoms with Crippen LogP contribution in [0.5, 0.6) is 0 Å². The lowest BCUT2D eigenvalue weighted by molar-refractivity contribution is 0.235. The van der Waals surface area contributed by atoms with Crippen molar-refractivity contribution in [2.45, 2.75) is 43.5 Å². The van der Waals surface area contributed by atoms with E-state index in [-0.39, 0.29) is 11.5 Å². The average molecular weight is 341 g/mol. The predicted molar refractivity (Wildman–Crippen MR) is 98.0 cm³/mol. The fourth-order valence-corrected chi connectivity index (χ4v) is 3.75. The van der Waals surface area contributed by atoms with Crippen LogP contribution in [0, 0.1) is 12.3 Å². The van der Waals surface area contributed by atoms with Crippen LogP contribution in [0.1, 0.15) is 31.9 Å². The monoisotopic (exact) mass is 341 g/mol. The van der Waals surface area contributed by atoms with E-state index in [2.05, 4.69) is 20.8 Å². The lowest BCUT2D eigenvalue weighted by Crippen LogP contribution is -2.25. The molecule has 4 heteroatoms. The molecule has 0 aromatic heterocycles. The molecule has 0 aliphatic carbocycles. The van der Waals surface area contributed by atoms with Crippen LogP contribution in [0.15, 0.2) is 63.3 Å². The summed E-state index contributed by atoms with van der Waals surface area (Å²) >= 11 is -1.26. The van der Waals surface area contributed by atoms with Gasteiger partial charge < -0.3 is 9.29 Å². The summed E-state index contributed by atoms with van der Waals surface area (Å²) in [6.45, 7) is 9.07. The first-order valence-corrected chi connectivity index (χ1v) is 9.29. The van der Waals surface area contributed by atoms with Crippen molar-refractivity contribution < 1.29 is 9.29 Å². The van der Waals surface area contributed by atoms with E-state index in [4.69, 9.17) is 9.73 Å². The number of hydrogen-bond donors (Lipinski definition) is 0. The number of aliphatic imine (C=N–C) groups is 1. The fourth-order valence-electron chi connectivity index (χ4n) is 2.56. The van der Waals surface area contributed by atoms with Crippen molar-refractivity contribution in [2.75, 3.05) is 6.61 Å². The predicted octanol–water partition coefficient (Wildman–Crippen LogP) is 4.35. The highest BCUT2D eigenvalue weighted by atomic mass is 32.2. The van der Waals surface area contributed by atoms with Crippen molar-refractivity contribution in [3.63, 3.8) is 0 Å². The molecule has 1 aliphatic heterocycles. The van der Waals surface area contributed by atoms with E-state index >= 15 is 0 Å². The zero-order valence-electron chi connectivity index (χ0n) is 14.6. The number of benzene rings is 2. The summed E-state index contributed by atoms with van der Waals surface area (Å²) in [5, 5.41) is 0. The summed E-state index contributed by atoms with van der Waals surface area (Å²) in [7, 11) is 0. The molecular weight excluding hydrogens is 318 g/mol. The van der Waals surface area contributed by atoms with E-state index in [0.717, 1.165) is 20.9 Å². The first-order chi connectivity index (χ1) is 11.4. The summed E-state index contributed by atoms with van der Waals surface area (Å²) in [5.41, 5.74) is 2.02. The Labute approximate surface area is 147 Å². The lowest BCUT2D eigenvalue weighted by Gasteiger charge is -2.21. The molecule has 0 N–H and O–H groups in total. The SMILES string of the molecule is Cc1ccc([S+]([O-])c2ccccc2C2=N[C@H](C(C)(C)C)CO2)cc1. The van der Waals surface area contributed by atoms with E-state index in [1.807, 2.05) is 55.5 Å². The van der Waals surface area contributed by atoms with Gasteiger partial charge in [0.15, 0.2) is 9.79 Å². The third-order valence-electron chi connectivity index (χ3n) is 4.20. The summed E-state index contributed by atoms with van der Waals surface area (Å²) in [6.07, 6.45) is 0. The Morgan fingerprint density at radius 1 is 1.08 bits per heavy atom. The molecule has 2 aromatic rings. The van der Waals surface area contributed by atoms with Crippen molar-refractivity contribution in [3.05, 3.63) is 59.7 Å². The van der Waals surface area contributed by atoms with Crippen LogP contribution in [0.25, 0.3) is 0 Å². The average Bonchev–Trinajstić information content (AvgIpc) is 3.05. The van der Waals surface area contributed by atoms with Gasteiger partial charge in [0, 0.05) is 11.2 Å². The topological polar surface area (TPSA) is 44.7 Å². The van der Waals surface area contributed by atoms with Crippen LogP contribution in [0.2, 0.25) is 0 Å². The second-order valence-corrected chi connectivity index (χ2v) is 8.65. The van der Waals surface area contributed by atoms with Crippen LogP contribution in [-0.4, -0.2) is 23.1 Å². The van der Waals surface area contributed by atoms with Crippen LogP contribution < -0.4 is 0 Å². The van der Waals surface area contributed by atoms with Gasteiger partial charge in [0.1, 0.15) is 6.61 Å². The van der Waals surface area contributed by atoms with Crippen LogP contribution in [0.4, 0.5) is 0 Å². The molecule has 0 saturated carbocycles. The number of hydrogen-bond acceptors (Lipinski definition) is 3. The van der Waals surface area contributed by atoms with E-state index in [1.165, 1.54) is 0 Å². The summed E-state index contributed by atoms with van der Waals surface area (Å²) in [6, 6.07) is 15.6. The largest absolute Gasteiger partial charge is 0.606 e. The Morgan fingerprint density at radius 3 is 2.38 bits per heavy atom. The molecule has 0 radical (unpaired) electrons. The van der Waals surface area contributed by atoms with Gasteiger partial charge in [0.2, 0.25) is 5.90 Å². The highest BCUT2D eigenvalue weighted by Gasteiger charge is 2.33. The van der Waals surface area contributed by atoms with Crippen molar-refractivity contribution in [1.29, 1.82) is 0 Å². The van der Waals surface area contributed by atoms with E-state index in [9.17, 15) is 4.55 Å². The van der Waals surface area contributed by atoms with Crippen molar-refractivity contribution in [2.24, 2.45) is 10.4 Å². The molecule has 1 aliphatic rings. The third-order valence-corrected chi connectivity index (χ3v) is 5.66. The van der Waals surface area contributed by atoms with Crippen LogP contribution in [-0.2, 0) is 15.9 Å². The van der Waals surface area contributed by atoms with E-state index in [0.29, 0.717) is 12.5 Å². The molecule has 3 rings (SSSR count). The van der Waals surface area contributed by atoms with E-state index in [1.54, 1.807) is 0 Å². The molecule has 3 nitrogen and oxygen atoms in total. The Balaban J connectivity index is 1.96. The zero-order chi connectivity index (χ0) is 17.3. The Morgan fingerprint density at radius 2 is 1.75 bits per heavy atom. The summed E-state index contributed by atoms with van der Waals surface area (Å²) < 4.78 is 18.9. The molecule has 1 heterocycles. The van der Waals surface area contributed by atoms with Gasteiger partial charge in [-0.15, -0.1) is 0 Å². The van der Waals surface area contributed by atoms with Crippen LogP contribution >= 0.6 is 0 Å². The molecule has 0 bridgehead atoms. The van der Waals surface area contributed by atoms with Crippen LogP contribution in [0.3, 0.4) is 0 Å². The van der Waals surface area contributed by atoms with Crippen molar-refractivity contribution in [1.82, 2.24) is 0 Å². The highest BCUT2D eigenvalue weighted by molar-refractivity contribution is 7.91. The second kappa shape index (κ2) is 6.61. The van der Waals surface area contributed by atoms with Gasteiger partial charge in [-0.25, -0.2) is 4.99 Å². The molecular formula is C20H23NO2S. The maximum atomic E-state index is 13.0. The van der Waals surface area contributed by atoms with Gasteiger partial charge >= 0.3 is 0 Å². The maximum absolute atomic E-state index is 13.0. The minimum atomic E-state index is -1.26. The number of aryl methyl sites for hydroxylation is 1. The molecule has 0 fully saturated rings. The van der Waals surface area contributed by atoms with Crippen molar-refractivity contribution in [3.8, 4) is 0 Å². The number of ether oxygens (including phenoxy) is 1. The number of nitrogens with zero attached hydrogens (tertiary/aromatic N) is 1. The maximum Gasteiger partial charge on any atom is 0.221 e. The first kappa shape index (κ1) is 17.1. The first-order valence-electron chi connectivity index (χ1n) is 8.15. The zero-order valence-corrected chi connectivity index (χ0v) is 15.4. The molecule has 0 saturated heterocycles. The quantitative estimate of drug-likeness (QED) is 0.779. The van der Waals surface area contributed by atoms with Gasteiger partial charge in [-0.1, -0.05) is 50.6 Å². The Bertz CT molecular complexity index is 747. The van der Waals surface area contributed by atoms with Gasteiger partial charge in [0.25, 0.3) is 0 Å². The van der Waals surface area contributed by atoms with Gasteiger partial charge in [-0.2, -0.15) is 0 Å². The van der Waals surface area contributed by atoms with Gasteiger partial charge in [-0.05, 0) is 36.6 Å². The van der Waals surface area contributed by atoms with Crippen molar-refractivity contribution >= 4 is 17.1 Å². The molecule has 0 amide bonds. The second-order valence-electron chi connectivity index (χ2n) is 7.21. The smallest absolute Gasteiger partial charge is 0.221 e. The summed E-state index contributed by atoms with van der Waals surface area (Å²) in [5.74, 6) is 0.603. The molecule has 2 atom stereocenters. The van der Waals surface area contributed by atoms with Gasteiger partial charge in [0.05, 0.1) is 11.6 Å². The standard InChI is InChI=1S/C20H23NO2S/c1-14-9-11-15(12-10-14)24(22)17-8-6-5-7-16(17)19-21-18(13-23-19)20(2,3)4/h5-12,18H,13H2,1-4H3/t18-,24?/m0/s1. The fraction of sp³-hybridized carbons (Fsp3) is 0.350. The minimum absolute atomic E-state index is 0.0484. The van der Waals surface area contributed by atoms with Gasteiger partial charge in [-0.3, -0.25) is 0 Å². The molecule has 2 aromatic carbocycles. The molecule has 126 valence electrons. The third kappa shape index (κ3) is 3.50.